The Labute approximate surface area is 81.2 Å². The van der Waals surface area contributed by atoms with E-state index >= 15 is 0 Å². The lowest BCUT2D eigenvalue weighted by Crippen LogP contribution is -2.02. The van der Waals surface area contributed by atoms with Crippen LogP contribution in [0.3, 0.4) is 0 Å². The predicted octanol–water partition coefficient (Wildman–Crippen LogP) is 2.66. The average Bonchev–Trinajstić information content (AvgIpc) is 2.09. The van der Waals surface area contributed by atoms with Crippen molar-refractivity contribution in [2.75, 3.05) is 17.6 Å². The molecule has 0 spiro atoms. The van der Waals surface area contributed by atoms with Gasteiger partial charge in [-0.2, -0.15) is 0 Å². The Bertz CT molecular complexity index is 326. The van der Waals surface area contributed by atoms with Gasteiger partial charge in [0, 0.05) is 12.6 Å². The highest BCUT2D eigenvalue weighted by molar-refractivity contribution is 6.31. The van der Waals surface area contributed by atoms with Crippen LogP contribution in [0.1, 0.15) is 0 Å². The summed E-state index contributed by atoms with van der Waals surface area (Å²) in [5.41, 5.74) is 6.54. The second-order valence-corrected chi connectivity index (χ2v) is 2.93. The molecule has 1 aromatic carbocycles. The van der Waals surface area contributed by atoms with E-state index in [9.17, 15) is 4.39 Å². The van der Waals surface area contributed by atoms with Crippen molar-refractivity contribution in [3.8, 4) is 0 Å². The van der Waals surface area contributed by atoms with Crippen molar-refractivity contribution >= 4 is 23.0 Å². The third kappa shape index (κ3) is 2.36. The lowest BCUT2D eigenvalue weighted by atomic mass is 10.2. The van der Waals surface area contributed by atoms with Crippen LogP contribution in [-0.2, 0) is 0 Å². The van der Waals surface area contributed by atoms with Crippen molar-refractivity contribution in [2.24, 2.45) is 0 Å². The molecule has 0 aromatic heterocycles. The van der Waals surface area contributed by atoms with Gasteiger partial charge in [-0.1, -0.05) is 17.7 Å². The minimum Gasteiger partial charge on any atom is -0.397 e. The van der Waals surface area contributed by atoms with Crippen molar-refractivity contribution in [3.63, 3.8) is 0 Å². The summed E-state index contributed by atoms with van der Waals surface area (Å²) in [5.74, 6) is -0.484. The summed E-state index contributed by atoms with van der Waals surface area (Å²) in [6, 6.07) is 2.64. The SMILES string of the molecule is C=CCNc1cc(F)c(Cl)cc1N. The van der Waals surface area contributed by atoms with Crippen molar-refractivity contribution in [3.05, 3.63) is 35.6 Å². The molecule has 0 fully saturated rings. The largest absolute Gasteiger partial charge is 0.397 e. The lowest BCUT2D eigenvalue weighted by Gasteiger charge is -2.07. The Morgan fingerprint density at radius 1 is 1.62 bits per heavy atom. The molecule has 0 amide bonds. The van der Waals surface area contributed by atoms with Gasteiger partial charge in [-0.15, -0.1) is 6.58 Å². The fourth-order valence-corrected chi connectivity index (χ4v) is 1.07. The van der Waals surface area contributed by atoms with Crippen LogP contribution in [0.2, 0.25) is 5.02 Å². The zero-order chi connectivity index (χ0) is 9.84. The molecule has 1 rings (SSSR count). The van der Waals surface area contributed by atoms with Crippen LogP contribution in [0, 0.1) is 5.82 Å². The Balaban J connectivity index is 2.94. The molecule has 0 radical (unpaired) electrons. The van der Waals surface area contributed by atoms with E-state index in [2.05, 4.69) is 11.9 Å². The third-order valence-corrected chi connectivity index (χ3v) is 1.82. The van der Waals surface area contributed by atoms with Crippen LogP contribution in [0.4, 0.5) is 15.8 Å². The standard InChI is InChI=1S/C9H10ClFN2/c1-2-3-13-9-5-7(11)6(10)4-8(9)12/h2,4-5,13H,1,3,12H2. The maximum atomic E-state index is 12.9. The highest BCUT2D eigenvalue weighted by Gasteiger charge is 2.04. The van der Waals surface area contributed by atoms with Gasteiger partial charge in [-0.25, -0.2) is 4.39 Å². The summed E-state index contributed by atoms with van der Waals surface area (Å²) < 4.78 is 12.9. The van der Waals surface area contributed by atoms with Gasteiger partial charge in [-0.3, -0.25) is 0 Å². The minimum atomic E-state index is -0.484. The first-order valence-corrected chi connectivity index (χ1v) is 4.12. The number of halogens is 2. The maximum Gasteiger partial charge on any atom is 0.143 e. The van der Waals surface area contributed by atoms with Gasteiger partial charge in [0.15, 0.2) is 0 Å². The van der Waals surface area contributed by atoms with E-state index in [0.717, 1.165) is 0 Å². The van der Waals surface area contributed by atoms with Crippen molar-refractivity contribution < 1.29 is 4.39 Å². The highest BCUT2D eigenvalue weighted by atomic mass is 35.5. The molecule has 0 bridgehead atoms. The van der Waals surface area contributed by atoms with Crippen LogP contribution >= 0.6 is 11.6 Å². The van der Waals surface area contributed by atoms with E-state index in [-0.39, 0.29) is 5.02 Å². The Morgan fingerprint density at radius 2 is 2.31 bits per heavy atom. The number of nitrogens with two attached hydrogens (primary N) is 1. The normalized spacial score (nSPS) is 9.69. The number of rotatable bonds is 3. The number of hydrogen-bond acceptors (Lipinski definition) is 2. The topological polar surface area (TPSA) is 38.0 Å². The minimum absolute atomic E-state index is 0.0293. The third-order valence-electron chi connectivity index (χ3n) is 1.53. The van der Waals surface area contributed by atoms with Gasteiger partial charge in [-0.05, 0) is 6.07 Å². The molecule has 0 unspecified atom stereocenters. The molecule has 0 aliphatic heterocycles. The second kappa shape index (κ2) is 4.14. The van der Waals surface area contributed by atoms with Gasteiger partial charge in [0.05, 0.1) is 16.4 Å². The zero-order valence-corrected chi connectivity index (χ0v) is 7.74. The molecule has 0 saturated heterocycles. The maximum absolute atomic E-state index is 12.9. The van der Waals surface area contributed by atoms with Gasteiger partial charge >= 0.3 is 0 Å². The summed E-state index contributed by atoms with van der Waals surface area (Å²) >= 11 is 5.52. The summed E-state index contributed by atoms with van der Waals surface area (Å²) in [6.07, 6.45) is 1.66. The van der Waals surface area contributed by atoms with Crippen LogP contribution in [0.25, 0.3) is 0 Å². The molecule has 2 nitrogen and oxygen atoms in total. The molecule has 0 saturated carbocycles. The van der Waals surface area contributed by atoms with Gasteiger partial charge < -0.3 is 11.1 Å². The predicted molar refractivity (Wildman–Crippen MR) is 54.5 cm³/mol. The Hall–Kier alpha value is -1.22. The molecule has 13 heavy (non-hydrogen) atoms. The molecular formula is C9H10ClFN2. The van der Waals surface area contributed by atoms with E-state index < -0.39 is 5.82 Å². The number of nitrogen functional groups attached to an aromatic ring is 1. The number of anilines is 2. The first-order valence-electron chi connectivity index (χ1n) is 3.74. The fourth-order valence-electron chi connectivity index (χ4n) is 0.897. The van der Waals surface area contributed by atoms with E-state index in [1.165, 1.54) is 12.1 Å². The first-order chi connectivity index (χ1) is 6.15. The van der Waals surface area contributed by atoms with E-state index in [4.69, 9.17) is 17.3 Å². The summed E-state index contributed by atoms with van der Waals surface area (Å²) in [7, 11) is 0. The van der Waals surface area contributed by atoms with Crippen molar-refractivity contribution in [1.29, 1.82) is 0 Å². The molecule has 4 heteroatoms. The van der Waals surface area contributed by atoms with Crippen molar-refractivity contribution in [1.82, 2.24) is 0 Å². The molecule has 0 aliphatic carbocycles. The Kier molecular flexibility index (Phi) is 3.14. The van der Waals surface area contributed by atoms with Crippen LogP contribution in [-0.4, -0.2) is 6.54 Å². The van der Waals surface area contributed by atoms with Gasteiger partial charge in [0.2, 0.25) is 0 Å². The molecule has 0 atom stereocenters. The van der Waals surface area contributed by atoms with Crippen LogP contribution in [0.5, 0.6) is 0 Å². The average molecular weight is 201 g/mol. The monoisotopic (exact) mass is 200 g/mol. The summed E-state index contributed by atoms with van der Waals surface area (Å²) in [5, 5.41) is 2.92. The van der Waals surface area contributed by atoms with Crippen LogP contribution < -0.4 is 11.1 Å². The van der Waals surface area contributed by atoms with E-state index in [0.29, 0.717) is 17.9 Å². The van der Waals surface area contributed by atoms with Gasteiger partial charge in [0.1, 0.15) is 5.82 Å². The molecule has 70 valence electrons. The molecular weight excluding hydrogens is 191 g/mol. The number of hydrogen-bond donors (Lipinski definition) is 2. The van der Waals surface area contributed by atoms with Gasteiger partial charge in [0.25, 0.3) is 0 Å². The zero-order valence-electron chi connectivity index (χ0n) is 6.98. The molecule has 0 aliphatic rings. The molecule has 0 heterocycles. The van der Waals surface area contributed by atoms with Crippen molar-refractivity contribution in [2.45, 2.75) is 0 Å². The van der Waals surface area contributed by atoms with E-state index in [1.807, 2.05) is 0 Å². The fraction of sp³-hybridized carbons (Fsp3) is 0.111. The summed E-state index contributed by atoms with van der Waals surface area (Å²) in [4.78, 5) is 0. The Morgan fingerprint density at radius 3 is 2.92 bits per heavy atom. The molecule has 3 N–H and O–H groups in total. The highest BCUT2D eigenvalue weighted by Crippen LogP contribution is 2.25. The number of nitrogens with one attached hydrogen (secondary N) is 1. The lowest BCUT2D eigenvalue weighted by molar-refractivity contribution is 0.629. The summed E-state index contributed by atoms with van der Waals surface area (Å²) in [6.45, 7) is 4.06. The molecule has 1 aromatic rings. The quantitative estimate of drug-likeness (QED) is 0.582. The van der Waals surface area contributed by atoms with E-state index in [1.54, 1.807) is 6.08 Å². The smallest absolute Gasteiger partial charge is 0.143 e. The second-order valence-electron chi connectivity index (χ2n) is 2.52. The first kappa shape index (κ1) is 9.86. The van der Waals surface area contributed by atoms with Crippen LogP contribution in [0.15, 0.2) is 24.8 Å². The number of benzene rings is 1.